The van der Waals surface area contributed by atoms with Crippen molar-refractivity contribution in [3.8, 4) is 11.8 Å². The number of aliphatic hydroxyl groups excluding tert-OH is 1. The molecular formula is C17H23NO2. The van der Waals surface area contributed by atoms with Gasteiger partial charge in [0.1, 0.15) is 6.61 Å². The molecule has 0 saturated carbocycles. The number of carbonyl (C=O) groups excluding carboxylic acids is 1. The number of aliphatic hydroxyl groups is 1. The van der Waals surface area contributed by atoms with Gasteiger partial charge in [-0.25, -0.2) is 0 Å². The molecule has 3 nitrogen and oxygen atoms in total. The van der Waals surface area contributed by atoms with Crippen LogP contribution in [0.4, 0.5) is 0 Å². The first-order valence-corrected chi connectivity index (χ1v) is 7.00. The van der Waals surface area contributed by atoms with Crippen LogP contribution in [0, 0.1) is 24.7 Å². The van der Waals surface area contributed by atoms with Crippen LogP contribution in [0.5, 0.6) is 0 Å². The first-order valence-electron chi connectivity index (χ1n) is 7.00. The first kappa shape index (κ1) is 16.3. The summed E-state index contributed by atoms with van der Waals surface area (Å²) in [5.74, 6) is 5.74. The molecular weight excluding hydrogens is 250 g/mol. The molecule has 0 aliphatic carbocycles. The summed E-state index contributed by atoms with van der Waals surface area (Å²) < 4.78 is 0. The molecule has 0 radical (unpaired) electrons. The minimum atomic E-state index is -0.210. The van der Waals surface area contributed by atoms with E-state index in [2.05, 4.69) is 31.0 Å². The van der Waals surface area contributed by atoms with Crippen molar-refractivity contribution < 1.29 is 9.90 Å². The minimum absolute atomic E-state index is 0.108. The molecule has 0 fully saturated rings. The van der Waals surface area contributed by atoms with Crippen molar-refractivity contribution >= 4 is 5.91 Å². The predicted molar refractivity (Wildman–Crippen MR) is 81.5 cm³/mol. The Labute approximate surface area is 121 Å². The maximum Gasteiger partial charge on any atom is 0.252 e. The number of aryl methyl sites for hydroxylation is 1. The molecule has 2 N–H and O–H groups in total. The fourth-order valence-corrected chi connectivity index (χ4v) is 1.87. The van der Waals surface area contributed by atoms with E-state index in [9.17, 15) is 4.79 Å². The van der Waals surface area contributed by atoms with Crippen LogP contribution in [-0.4, -0.2) is 23.7 Å². The van der Waals surface area contributed by atoms with Gasteiger partial charge in [0.15, 0.2) is 0 Å². The van der Waals surface area contributed by atoms with Crippen molar-refractivity contribution in [1.82, 2.24) is 5.32 Å². The van der Waals surface area contributed by atoms with Gasteiger partial charge in [-0.2, -0.15) is 0 Å². The van der Waals surface area contributed by atoms with Gasteiger partial charge >= 0.3 is 0 Å². The Bertz CT molecular complexity index is 526. The SMILES string of the molecule is CCC(C)C(C)NC(=O)c1cc(C)ccc1C#CCO. The Morgan fingerprint density at radius 1 is 1.40 bits per heavy atom. The van der Waals surface area contributed by atoms with Gasteiger partial charge in [-0.05, 0) is 31.9 Å². The van der Waals surface area contributed by atoms with Crippen molar-refractivity contribution in [3.05, 3.63) is 34.9 Å². The average molecular weight is 273 g/mol. The van der Waals surface area contributed by atoms with Crippen LogP contribution in [0.1, 0.15) is 48.7 Å². The van der Waals surface area contributed by atoms with E-state index >= 15 is 0 Å². The van der Waals surface area contributed by atoms with Gasteiger partial charge in [-0.15, -0.1) is 0 Å². The summed E-state index contributed by atoms with van der Waals surface area (Å²) in [6.45, 7) is 7.98. The molecule has 0 aliphatic heterocycles. The third-order valence-corrected chi connectivity index (χ3v) is 3.58. The van der Waals surface area contributed by atoms with Crippen molar-refractivity contribution in [1.29, 1.82) is 0 Å². The lowest BCUT2D eigenvalue weighted by molar-refractivity contribution is 0.0928. The second-order valence-corrected chi connectivity index (χ2v) is 5.16. The number of benzene rings is 1. The predicted octanol–water partition coefficient (Wildman–Crippen LogP) is 2.50. The van der Waals surface area contributed by atoms with Crippen LogP contribution < -0.4 is 5.32 Å². The fourth-order valence-electron chi connectivity index (χ4n) is 1.87. The molecule has 0 aliphatic rings. The van der Waals surface area contributed by atoms with Crippen molar-refractivity contribution in [2.45, 2.75) is 40.2 Å². The number of amides is 1. The van der Waals surface area contributed by atoms with Gasteiger partial charge in [-0.1, -0.05) is 43.7 Å². The maximum atomic E-state index is 12.4. The smallest absolute Gasteiger partial charge is 0.252 e. The number of rotatable bonds is 4. The number of hydrogen-bond donors (Lipinski definition) is 2. The molecule has 0 heterocycles. The summed E-state index contributed by atoms with van der Waals surface area (Å²) in [6.07, 6.45) is 1.02. The van der Waals surface area contributed by atoms with E-state index in [1.807, 2.05) is 32.0 Å². The highest BCUT2D eigenvalue weighted by Crippen LogP contribution is 2.13. The third kappa shape index (κ3) is 4.40. The van der Waals surface area contributed by atoms with Gasteiger partial charge in [0, 0.05) is 11.6 Å². The summed E-state index contributed by atoms with van der Waals surface area (Å²) in [5, 5.41) is 11.8. The van der Waals surface area contributed by atoms with E-state index in [1.165, 1.54) is 0 Å². The second-order valence-electron chi connectivity index (χ2n) is 5.16. The third-order valence-electron chi connectivity index (χ3n) is 3.58. The van der Waals surface area contributed by atoms with E-state index in [0.717, 1.165) is 12.0 Å². The summed E-state index contributed by atoms with van der Waals surface area (Å²) in [4.78, 5) is 12.4. The van der Waals surface area contributed by atoms with Crippen LogP contribution in [0.3, 0.4) is 0 Å². The molecule has 1 amide bonds. The molecule has 3 heteroatoms. The minimum Gasteiger partial charge on any atom is -0.384 e. The van der Waals surface area contributed by atoms with E-state index < -0.39 is 0 Å². The molecule has 2 atom stereocenters. The molecule has 20 heavy (non-hydrogen) atoms. The zero-order chi connectivity index (χ0) is 15.1. The molecule has 0 bridgehead atoms. The van der Waals surface area contributed by atoms with Gasteiger partial charge in [0.25, 0.3) is 5.91 Å². The van der Waals surface area contributed by atoms with E-state index in [4.69, 9.17) is 5.11 Å². The van der Waals surface area contributed by atoms with Crippen molar-refractivity contribution in [3.63, 3.8) is 0 Å². The van der Waals surface area contributed by atoms with Gasteiger partial charge < -0.3 is 10.4 Å². The highest BCUT2D eigenvalue weighted by Gasteiger charge is 2.16. The number of carbonyl (C=O) groups is 1. The molecule has 1 aromatic carbocycles. The maximum absolute atomic E-state index is 12.4. The largest absolute Gasteiger partial charge is 0.384 e. The highest BCUT2D eigenvalue weighted by atomic mass is 16.2. The van der Waals surface area contributed by atoms with Gasteiger partial charge in [-0.3, -0.25) is 4.79 Å². The quantitative estimate of drug-likeness (QED) is 0.828. The average Bonchev–Trinajstić information content (AvgIpc) is 2.44. The molecule has 108 valence electrons. The summed E-state index contributed by atoms with van der Waals surface area (Å²) in [5.41, 5.74) is 2.24. The summed E-state index contributed by atoms with van der Waals surface area (Å²) in [6, 6.07) is 5.68. The zero-order valence-electron chi connectivity index (χ0n) is 12.7. The van der Waals surface area contributed by atoms with Crippen molar-refractivity contribution in [2.75, 3.05) is 6.61 Å². The Morgan fingerprint density at radius 3 is 2.70 bits per heavy atom. The lowest BCUT2D eigenvalue weighted by atomic mass is 9.99. The first-order chi connectivity index (χ1) is 9.49. The Morgan fingerprint density at radius 2 is 2.10 bits per heavy atom. The zero-order valence-corrected chi connectivity index (χ0v) is 12.7. The second kappa shape index (κ2) is 7.72. The normalized spacial score (nSPS) is 13.1. The van der Waals surface area contributed by atoms with Crippen LogP contribution in [0.15, 0.2) is 18.2 Å². The molecule has 0 spiro atoms. The van der Waals surface area contributed by atoms with Crippen molar-refractivity contribution in [2.24, 2.45) is 5.92 Å². The van der Waals surface area contributed by atoms with E-state index in [-0.39, 0.29) is 18.6 Å². The Hall–Kier alpha value is -1.79. The molecule has 2 unspecified atom stereocenters. The summed E-state index contributed by atoms with van der Waals surface area (Å²) >= 11 is 0. The van der Waals surface area contributed by atoms with Crippen LogP contribution in [-0.2, 0) is 0 Å². The highest BCUT2D eigenvalue weighted by molar-refractivity contribution is 5.97. The van der Waals surface area contributed by atoms with Crippen LogP contribution >= 0.6 is 0 Å². The lowest BCUT2D eigenvalue weighted by Gasteiger charge is -2.20. The summed E-state index contributed by atoms with van der Waals surface area (Å²) in [7, 11) is 0. The topological polar surface area (TPSA) is 49.3 Å². The van der Waals surface area contributed by atoms with Gasteiger partial charge in [0.2, 0.25) is 0 Å². The Balaban J connectivity index is 2.99. The molecule has 0 aromatic heterocycles. The number of hydrogen-bond acceptors (Lipinski definition) is 2. The monoisotopic (exact) mass is 273 g/mol. The van der Waals surface area contributed by atoms with E-state index in [0.29, 0.717) is 17.0 Å². The fraction of sp³-hybridized carbons (Fsp3) is 0.471. The van der Waals surface area contributed by atoms with Gasteiger partial charge in [0.05, 0.1) is 5.56 Å². The standard InChI is InChI=1S/C17H23NO2/c1-5-13(3)14(4)18-17(20)16-11-12(2)8-9-15(16)7-6-10-19/h8-9,11,13-14,19H,5,10H2,1-4H3,(H,18,20). The molecule has 0 saturated heterocycles. The Kier molecular flexibility index (Phi) is 6.27. The molecule has 1 aromatic rings. The number of nitrogens with one attached hydrogen (secondary N) is 1. The van der Waals surface area contributed by atoms with Crippen LogP contribution in [0.2, 0.25) is 0 Å². The molecule has 1 rings (SSSR count). The van der Waals surface area contributed by atoms with E-state index in [1.54, 1.807) is 0 Å². The van der Waals surface area contributed by atoms with Crippen LogP contribution in [0.25, 0.3) is 0 Å². The lowest BCUT2D eigenvalue weighted by Crippen LogP contribution is -2.37.